The van der Waals surface area contributed by atoms with Gasteiger partial charge in [0.25, 0.3) is 0 Å². The molecule has 0 saturated heterocycles. The van der Waals surface area contributed by atoms with Crippen molar-refractivity contribution in [3.63, 3.8) is 0 Å². The Morgan fingerprint density at radius 3 is 2.74 bits per heavy atom. The molecule has 0 bridgehead atoms. The van der Waals surface area contributed by atoms with Crippen LogP contribution in [0.3, 0.4) is 0 Å². The fourth-order valence-corrected chi connectivity index (χ4v) is 2.51. The van der Waals surface area contributed by atoms with E-state index in [1.165, 1.54) is 11.1 Å². The SMILES string of the molecule is CCCNC(c1cc(Cl)ccc1C)C(C)CCOC. The molecule has 1 rings (SSSR count). The highest BCUT2D eigenvalue weighted by Gasteiger charge is 2.20. The number of ether oxygens (including phenoxy) is 1. The van der Waals surface area contributed by atoms with E-state index in [0.29, 0.717) is 12.0 Å². The minimum Gasteiger partial charge on any atom is -0.385 e. The Balaban J connectivity index is 2.91. The second kappa shape index (κ2) is 8.57. The maximum Gasteiger partial charge on any atom is 0.0465 e. The van der Waals surface area contributed by atoms with Gasteiger partial charge in [0.15, 0.2) is 0 Å². The highest BCUT2D eigenvalue weighted by Crippen LogP contribution is 2.29. The first kappa shape index (κ1) is 16.5. The zero-order chi connectivity index (χ0) is 14.3. The standard InChI is InChI=1S/C16H26ClNO/c1-5-9-18-16(13(3)8-10-19-4)15-11-14(17)7-6-12(15)2/h6-7,11,13,16,18H,5,8-10H2,1-4H3. The van der Waals surface area contributed by atoms with Gasteiger partial charge in [-0.2, -0.15) is 0 Å². The van der Waals surface area contributed by atoms with Crippen LogP contribution < -0.4 is 5.32 Å². The minimum absolute atomic E-state index is 0.341. The minimum atomic E-state index is 0.341. The average Bonchev–Trinajstić information content (AvgIpc) is 2.40. The van der Waals surface area contributed by atoms with E-state index in [-0.39, 0.29) is 0 Å². The number of hydrogen-bond donors (Lipinski definition) is 1. The van der Waals surface area contributed by atoms with Crippen molar-refractivity contribution in [2.45, 2.75) is 39.7 Å². The maximum absolute atomic E-state index is 6.15. The number of rotatable bonds is 8. The molecule has 1 aromatic carbocycles. The molecule has 0 spiro atoms. The van der Waals surface area contributed by atoms with E-state index in [0.717, 1.165) is 31.0 Å². The average molecular weight is 284 g/mol. The fraction of sp³-hybridized carbons (Fsp3) is 0.625. The molecule has 2 unspecified atom stereocenters. The van der Waals surface area contributed by atoms with Gasteiger partial charge in [-0.1, -0.05) is 31.5 Å². The van der Waals surface area contributed by atoms with Gasteiger partial charge >= 0.3 is 0 Å². The molecule has 0 heterocycles. The number of nitrogens with one attached hydrogen (secondary N) is 1. The van der Waals surface area contributed by atoms with Gasteiger partial charge in [-0.05, 0) is 55.5 Å². The Morgan fingerprint density at radius 1 is 1.37 bits per heavy atom. The molecule has 0 radical (unpaired) electrons. The number of methoxy groups -OCH3 is 1. The Labute approximate surface area is 122 Å². The van der Waals surface area contributed by atoms with Crippen LogP contribution in [-0.2, 0) is 4.74 Å². The third-order valence-electron chi connectivity index (χ3n) is 3.54. The molecule has 2 nitrogen and oxygen atoms in total. The number of aryl methyl sites for hydroxylation is 1. The quantitative estimate of drug-likeness (QED) is 0.765. The van der Waals surface area contributed by atoms with E-state index in [1.54, 1.807) is 7.11 Å². The third kappa shape index (κ3) is 5.13. The lowest BCUT2D eigenvalue weighted by Gasteiger charge is -2.27. The molecule has 0 aliphatic heterocycles. The number of benzene rings is 1. The molecule has 0 aliphatic rings. The number of hydrogen-bond acceptors (Lipinski definition) is 2. The Morgan fingerprint density at radius 2 is 2.11 bits per heavy atom. The van der Waals surface area contributed by atoms with Crippen LogP contribution >= 0.6 is 11.6 Å². The molecular weight excluding hydrogens is 258 g/mol. The van der Waals surface area contributed by atoms with Crippen molar-refractivity contribution in [3.8, 4) is 0 Å². The summed E-state index contributed by atoms with van der Waals surface area (Å²) in [5.41, 5.74) is 2.60. The summed E-state index contributed by atoms with van der Waals surface area (Å²) in [5, 5.41) is 4.46. The lowest BCUT2D eigenvalue weighted by Crippen LogP contribution is -2.29. The van der Waals surface area contributed by atoms with E-state index in [4.69, 9.17) is 16.3 Å². The van der Waals surface area contributed by atoms with Crippen molar-refractivity contribution in [2.24, 2.45) is 5.92 Å². The molecule has 3 heteroatoms. The van der Waals surface area contributed by atoms with Gasteiger partial charge in [-0.15, -0.1) is 0 Å². The molecule has 0 aromatic heterocycles. The van der Waals surface area contributed by atoms with Crippen molar-refractivity contribution in [1.82, 2.24) is 5.32 Å². The summed E-state index contributed by atoms with van der Waals surface area (Å²) in [6.07, 6.45) is 2.18. The lowest BCUT2D eigenvalue weighted by atomic mass is 9.89. The summed E-state index contributed by atoms with van der Waals surface area (Å²) in [5.74, 6) is 0.517. The summed E-state index contributed by atoms with van der Waals surface area (Å²) in [6.45, 7) is 8.43. The van der Waals surface area contributed by atoms with Crippen LogP contribution in [0.15, 0.2) is 18.2 Å². The molecule has 1 N–H and O–H groups in total. The fourth-order valence-electron chi connectivity index (χ4n) is 2.33. The topological polar surface area (TPSA) is 21.3 Å². The highest BCUT2D eigenvalue weighted by atomic mass is 35.5. The van der Waals surface area contributed by atoms with Crippen LogP contribution in [0.25, 0.3) is 0 Å². The molecule has 2 atom stereocenters. The van der Waals surface area contributed by atoms with E-state index < -0.39 is 0 Å². The molecule has 19 heavy (non-hydrogen) atoms. The monoisotopic (exact) mass is 283 g/mol. The van der Waals surface area contributed by atoms with Crippen LogP contribution in [0.1, 0.15) is 43.9 Å². The van der Waals surface area contributed by atoms with E-state index >= 15 is 0 Å². The predicted octanol–water partition coefficient (Wildman–Crippen LogP) is 4.36. The second-order valence-electron chi connectivity index (χ2n) is 5.19. The van der Waals surface area contributed by atoms with E-state index in [1.807, 2.05) is 6.07 Å². The highest BCUT2D eigenvalue weighted by molar-refractivity contribution is 6.30. The van der Waals surface area contributed by atoms with Gasteiger partial charge in [0, 0.05) is 24.8 Å². The Bertz CT molecular complexity index is 381. The Hall–Kier alpha value is -0.570. The molecule has 1 aromatic rings. The van der Waals surface area contributed by atoms with Crippen LogP contribution in [-0.4, -0.2) is 20.3 Å². The van der Waals surface area contributed by atoms with Crippen molar-refractivity contribution in [1.29, 1.82) is 0 Å². The number of halogens is 1. The predicted molar refractivity (Wildman–Crippen MR) is 82.9 cm³/mol. The first-order chi connectivity index (χ1) is 9.10. The molecule has 0 amide bonds. The van der Waals surface area contributed by atoms with Crippen LogP contribution in [0, 0.1) is 12.8 Å². The molecule has 0 saturated carbocycles. The summed E-state index contributed by atoms with van der Waals surface area (Å²) in [4.78, 5) is 0. The first-order valence-corrected chi connectivity index (χ1v) is 7.46. The van der Waals surface area contributed by atoms with Crippen LogP contribution in [0.4, 0.5) is 0 Å². The Kier molecular flexibility index (Phi) is 7.44. The molecular formula is C16H26ClNO. The van der Waals surface area contributed by atoms with Gasteiger partial charge in [-0.25, -0.2) is 0 Å². The molecule has 108 valence electrons. The summed E-state index contributed by atoms with van der Waals surface area (Å²) in [6, 6.07) is 6.49. The summed E-state index contributed by atoms with van der Waals surface area (Å²) >= 11 is 6.15. The first-order valence-electron chi connectivity index (χ1n) is 7.08. The van der Waals surface area contributed by atoms with Crippen molar-refractivity contribution < 1.29 is 4.74 Å². The largest absolute Gasteiger partial charge is 0.385 e. The molecule has 0 aliphatic carbocycles. The zero-order valence-electron chi connectivity index (χ0n) is 12.5. The van der Waals surface area contributed by atoms with Gasteiger partial charge in [-0.3, -0.25) is 0 Å². The lowest BCUT2D eigenvalue weighted by molar-refractivity contribution is 0.170. The summed E-state index contributed by atoms with van der Waals surface area (Å²) in [7, 11) is 1.76. The molecule has 0 fully saturated rings. The van der Waals surface area contributed by atoms with Crippen LogP contribution in [0.5, 0.6) is 0 Å². The maximum atomic E-state index is 6.15. The zero-order valence-corrected chi connectivity index (χ0v) is 13.3. The van der Waals surface area contributed by atoms with Gasteiger partial charge in [0.1, 0.15) is 0 Å². The van der Waals surface area contributed by atoms with E-state index in [9.17, 15) is 0 Å². The summed E-state index contributed by atoms with van der Waals surface area (Å²) < 4.78 is 5.20. The van der Waals surface area contributed by atoms with Gasteiger partial charge in [0.05, 0.1) is 0 Å². The second-order valence-corrected chi connectivity index (χ2v) is 5.63. The van der Waals surface area contributed by atoms with Crippen molar-refractivity contribution in [3.05, 3.63) is 34.3 Å². The van der Waals surface area contributed by atoms with E-state index in [2.05, 4.69) is 38.2 Å². The smallest absolute Gasteiger partial charge is 0.0465 e. The van der Waals surface area contributed by atoms with Crippen LogP contribution in [0.2, 0.25) is 5.02 Å². The third-order valence-corrected chi connectivity index (χ3v) is 3.77. The van der Waals surface area contributed by atoms with Gasteiger partial charge in [0.2, 0.25) is 0 Å². The van der Waals surface area contributed by atoms with Crippen molar-refractivity contribution >= 4 is 11.6 Å². The van der Waals surface area contributed by atoms with Crippen molar-refractivity contribution in [2.75, 3.05) is 20.3 Å². The normalized spacial score (nSPS) is 14.4. The van der Waals surface area contributed by atoms with Gasteiger partial charge < -0.3 is 10.1 Å².